The molecule has 0 aliphatic rings. The largest absolute Gasteiger partial charge is 0.416 e. The Morgan fingerprint density at radius 1 is 1.20 bits per heavy atom. The summed E-state index contributed by atoms with van der Waals surface area (Å²) >= 11 is 13.0. The molecule has 1 radical (unpaired) electrons. The molecule has 20 heavy (non-hydrogen) atoms. The van der Waals surface area contributed by atoms with Crippen LogP contribution in [0.3, 0.4) is 0 Å². The molecule has 0 saturated heterocycles. The van der Waals surface area contributed by atoms with Crippen LogP contribution in [0.25, 0.3) is 0 Å². The molecule has 0 saturated carbocycles. The normalized spacial score (nSPS) is 11.7. The van der Waals surface area contributed by atoms with Gasteiger partial charge in [0.1, 0.15) is 16.5 Å². The van der Waals surface area contributed by atoms with Crippen LogP contribution in [0.2, 0.25) is 10.0 Å². The Balaban J connectivity index is 2.33. The number of H-pyrrole nitrogens is 1. The molecule has 0 bridgehead atoms. The van der Waals surface area contributed by atoms with Crippen molar-refractivity contribution in [1.82, 2.24) is 15.5 Å². The minimum atomic E-state index is -4.51. The lowest BCUT2D eigenvalue weighted by Crippen LogP contribution is -2.05. The standard InChI is InChI=1S/C11H7Cl2F3N3S/c1-20-9-4-8(18-19-9)17-10-6(12)2-5(3-7(10)13)11(14,15)16/h2-4H,1H3,(H,18,19). The fourth-order valence-corrected chi connectivity index (χ4v) is 2.35. The average Bonchev–Trinajstić information content (AvgIpc) is 2.80. The monoisotopic (exact) mass is 340 g/mol. The fraction of sp³-hybridized carbons (Fsp3) is 0.182. The van der Waals surface area contributed by atoms with E-state index in [0.717, 1.165) is 12.1 Å². The zero-order chi connectivity index (χ0) is 14.9. The van der Waals surface area contributed by atoms with Crippen LogP contribution in [0, 0.1) is 0 Å². The molecule has 2 aromatic rings. The fourth-order valence-electron chi connectivity index (χ4n) is 1.41. The van der Waals surface area contributed by atoms with Crippen molar-refractivity contribution in [2.75, 3.05) is 6.26 Å². The van der Waals surface area contributed by atoms with Gasteiger partial charge in [-0.3, -0.25) is 5.10 Å². The summed E-state index contributed by atoms with van der Waals surface area (Å²) in [7, 11) is 0. The molecule has 3 nitrogen and oxygen atoms in total. The summed E-state index contributed by atoms with van der Waals surface area (Å²) in [5.41, 5.74) is -0.849. The number of nitrogens with zero attached hydrogens (tertiary/aromatic N) is 2. The van der Waals surface area contributed by atoms with Crippen molar-refractivity contribution in [1.29, 1.82) is 0 Å². The van der Waals surface area contributed by atoms with Crippen LogP contribution in [0.1, 0.15) is 5.56 Å². The van der Waals surface area contributed by atoms with Gasteiger partial charge >= 0.3 is 6.18 Å². The third kappa shape index (κ3) is 3.34. The Hall–Kier alpha value is -1.05. The third-order valence-electron chi connectivity index (χ3n) is 2.33. The van der Waals surface area contributed by atoms with Crippen molar-refractivity contribution in [3.05, 3.63) is 33.8 Å². The van der Waals surface area contributed by atoms with Gasteiger partial charge in [0.05, 0.1) is 15.6 Å². The van der Waals surface area contributed by atoms with Crippen LogP contribution < -0.4 is 5.32 Å². The molecule has 1 N–H and O–H groups in total. The number of hydrogen-bond donors (Lipinski definition) is 1. The van der Waals surface area contributed by atoms with E-state index in [1.54, 1.807) is 6.07 Å². The van der Waals surface area contributed by atoms with E-state index < -0.39 is 11.7 Å². The number of aromatic nitrogens is 2. The van der Waals surface area contributed by atoms with Crippen molar-refractivity contribution >= 4 is 46.5 Å². The smallest absolute Gasteiger partial charge is 0.260 e. The highest BCUT2D eigenvalue weighted by Crippen LogP contribution is 2.39. The van der Waals surface area contributed by atoms with Crippen LogP contribution in [0.15, 0.2) is 23.2 Å². The molecule has 2 rings (SSSR count). The molecule has 1 aromatic carbocycles. The van der Waals surface area contributed by atoms with Crippen molar-refractivity contribution in [2.45, 2.75) is 11.2 Å². The van der Waals surface area contributed by atoms with Crippen LogP contribution in [-0.4, -0.2) is 16.5 Å². The maximum Gasteiger partial charge on any atom is 0.416 e. The van der Waals surface area contributed by atoms with E-state index in [2.05, 4.69) is 15.5 Å². The van der Waals surface area contributed by atoms with Gasteiger partial charge in [0.2, 0.25) is 0 Å². The number of hydrogen-bond acceptors (Lipinski definition) is 2. The van der Waals surface area contributed by atoms with Gasteiger partial charge in [-0.1, -0.05) is 23.2 Å². The van der Waals surface area contributed by atoms with Crippen LogP contribution >= 0.6 is 35.0 Å². The lowest BCUT2D eigenvalue weighted by atomic mass is 10.2. The molecule has 0 aliphatic carbocycles. The summed E-state index contributed by atoms with van der Waals surface area (Å²) < 4.78 is 37.8. The summed E-state index contributed by atoms with van der Waals surface area (Å²) in [4.78, 5) is 0. The summed E-state index contributed by atoms with van der Waals surface area (Å²) in [6.07, 6.45) is -2.68. The van der Waals surface area contributed by atoms with Gasteiger partial charge in [0, 0.05) is 6.07 Å². The van der Waals surface area contributed by atoms with E-state index in [9.17, 15) is 13.2 Å². The van der Waals surface area contributed by atoms with Crippen LogP contribution in [-0.2, 0) is 6.18 Å². The van der Waals surface area contributed by atoms with E-state index in [0.29, 0.717) is 10.8 Å². The van der Waals surface area contributed by atoms with E-state index in [1.807, 2.05) is 6.26 Å². The quantitative estimate of drug-likeness (QED) is 0.796. The zero-order valence-electron chi connectivity index (χ0n) is 9.92. The Morgan fingerprint density at radius 3 is 2.25 bits per heavy atom. The van der Waals surface area contributed by atoms with Crippen LogP contribution in [0.4, 0.5) is 24.7 Å². The molecule has 9 heteroatoms. The maximum absolute atomic E-state index is 12.6. The van der Waals surface area contributed by atoms with Gasteiger partial charge in [-0.25, -0.2) is 5.32 Å². The zero-order valence-corrected chi connectivity index (χ0v) is 12.3. The van der Waals surface area contributed by atoms with Gasteiger partial charge < -0.3 is 0 Å². The van der Waals surface area contributed by atoms with Crippen molar-refractivity contribution < 1.29 is 13.2 Å². The molecule has 0 fully saturated rings. The number of thioether (sulfide) groups is 1. The molecule has 0 amide bonds. The Morgan fingerprint density at radius 2 is 1.80 bits per heavy atom. The van der Waals surface area contributed by atoms with Gasteiger partial charge in [0.25, 0.3) is 0 Å². The first-order valence-electron chi connectivity index (χ1n) is 5.18. The first-order chi connectivity index (χ1) is 9.31. The molecule has 0 spiro atoms. The number of benzene rings is 1. The highest BCUT2D eigenvalue weighted by molar-refractivity contribution is 7.98. The first-order valence-corrected chi connectivity index (χ1v) is 7.16. The number of aromatic amines is 1. The lowest BCUT2D eigenvalue weighted by molar-refractivity contribution is -0.137. The minimum Gasteiger partial charge on any atom is -0.260 e. The van der Waals surface area contributed by atoms with Gasteiger partial charge in [-0.15, -0.1) is 11.8 Å². The Labute approximate surface area is 126 Å². The topological polar surface area (TPSA) is 42.8 Å². The Bertz CT molecular complexity index is 605. The molecular weight excluding hydrogens is 334 g/mol. The van der Waals surface area contributed by atoms with Gasteiger partial charge in [-0.2, -0.15) is 18.3 Å². The number of nitrogens with one attached hydrogen (secondary N) is 1. The van der Waals surface area contributed by atoms with Crippen molar-refractivity contribution in [3.63, 3.8) is 0 Å². The molecule has 0 unspecified atom stereocenters. The van der Waals surface area contributed by atoms with E-state index in [-0.39, 0.29) is 15.7 Å². The van der Waals surface area contributed by atoms with Crippen LogP contribution in [0.5, 0.6) is 0 Å². The first kappa shape index (κ1) is 15.3. The number of rotatable bonds is 3. The van der Waals surface area contributed by atoms with Crippen molar-refractivity contribution in [2.24, 2.45) is 0 Å². The molecule has 1 heterocycles. The second kappa shape index (κ2) is 5.75. The second-order valence-electron chi connectivity index (χ2n) is 3.69. The lowest BCUT2D eigenvalue weighted by Gasteiger charge is -2.11. The number of alkyl halides is 3. The van der Waals surface area contributed by atoms with Crippen molar-refractivity contribution in [3.8, 4) is 0 Å². The summed E-state index contributed by atoms with van der Waals surface area (Å²) in [5, 5.41) is 11.0. The molecule has 107 valence electrons. The Kier molecular flexibility index (Phi) is 4.41. The molecule has 0 atom stereocenters. The maximum atomic E-state index is 12.6. The summed E-state index contributed by atoms with van der Waals surface area (Å²) in [6.45, 7) is 0. The number of halogens is 5. The highest BCUT2D eigenvalue weighted by Gasteiger charge is 2.32. The second-order valence-corrected chi connectivity index (χ2v) is 5.33. The molecule has 1 aromatic heterocycles. The van der Waals surface area contributed by atoms with E-state index in [4.69, 9.17) is 23.2 Å². The predicted octanol–water partition coefficient (Wildman–Crippen LogP) is 5.02. The molecule has 0 aliphatic heterocycles. The molecular formula is C11H7Cl2F3N3S. The predicted molar refractivity (Wildman–Crippen MR) is 73.3 cm³/mol. The minimum absolute atomic E-state index is 0.0673. The van der Waals surface area contributed by atoms with E-state index >= 15 is 0 Å². The highest BCUT2D eigenvalue weighted by atomic mass is 35.5. The van der Waals surface area contributed by atoms with Gasteiger partial charge in [0.15, 0.2) is 0 Å². The summed E-state index contributed by atoms with van der Waals surface area (Å²) in [6, 6.07) is 3.21. The average molecular weight is 341 g/mol. The van der Waals surface area contributed by atoms with Gasteiger partial charge in [-0.05, 0) is 18.4 Å². The SMILES string of the molecule is CSc1cc([N]c2c(Cl)cc(C(F)(F)F)cc2Cl)[nH]n1. The third-order valence-corrected chi connectivity index (χ3v) is 3.53. The van der Waals surface area contributed by atoms with E-state index in [1.165, 1.54) is 11.8 Å². The summed E-state index contributed by atoms with van der Waals surface area (Å²) in [5.74, 6) is 0.359.